The van der Waals surface area contributed by atoms with E-state index in [0.29, 0.717) is 12.2 Å². The summed E-state index contributed by atoms with van der Waals surface area (Å²) in [6.45, 7) is 10.1. The summed E-state index contributed by atoms with van der Waals surface area (Å²) in [5.74, 6) is -0.272. The van der Waals surface area contributed by atoms with Gasteiger partial charge in [-0.25, -0.2) is 4.79 Å². The van der Waals surface area contributed by atoms with E-state index in [-0.39, 0.29) is 18.4 Å². The number of nitrogens with zero attached hydrogens (tertiary/aromatic N) is 1. The molecule has 4 heteroatoms. The number of rotatable bonds is 19. The summed E-state index contributed by atoms with van der Waals surface area (Å²) in [7, 11) is 4.44. The van der Waals surface area contributed by atoms with Gasteiger partial charge in [0.2, 0.25) is 0 Å². The van der Waals surface area contributed by atoms with Crippen LogP contribution < -0.4 is 12.4 Å². The predicted octanol–water partition coefficient (Wildman–Crippen LogP) is 3.67. The molecule has 0 unspecified atom stereocenters. The lowest BCUT2D eigenvalue weighted by Gasteiger charge is -2.29. The first-order valence-electron chi connectivity index (χ1n) is 11.5. The van der Waals surface area contributed by atoms with E-state index in [1.165, 1.54) is 89.9 Å². The largest absolute Gasteiger partial charge is 1.00 e. The molecule has 28 heavy (non-hydrogen) atoms. The van der Waals surface area contributed by atoms with Gasteiger partial charge in [-0.1, -0.05) is 90.6 Å². The van der Waals surface area contributed by atoms with Crippen LogP contribution >= 0.6 is 0 Å². The average Bonchev–Trinajstić information content (AvgIpc) is 2.61. The Hall–Kier alpha value is -0.540. The summed E-state index contributed by atoms with van der Waals surface area (Å²) in [4.78, 5) is 11.4. The first-order chi connectivity index (χ1) is 12.9. The SMILES string of the molecule is C=C(C)C(=O)OCC[N+](C)(C)CCCCCCCCCCCCCCCC.[Cl-]. The zero-order valence-electron chi connectivity index (χ0n) is 19.4. The van der Waals surface area contributed by atoms with Gasteiger partial charge in [-0.05, 0) is 19.8 Å². The van der Waals surface area contributed by atoms with Crippen LogP contribution in [-0.4, -0.2) is 44.2 Å². The van der Waals surface area contributed by atoms with Crippen LogP contribution in [-0.2, 0) is 9.53 Å². The van der Waals surface area contributed by atoms with Crippen LogP contribution in [0.1, 0.15) is 104 Å². The maximum atomic E-state index is 11.4. The molecule has 0 spiro atoms. The Labute approximate surface area is 182 Å². The van der Waals surface area contributed by atoms with E-state index in [2.05, 4.69) is 27.6 Å². The number of carbonyl (C=O) groups is 1. The van der Waals surface area contributed by atoms with Gasteiger partial charge in [0.05, 0.1) is 20.6 Å². The van der Waals surface area contributed by atoms with Gasteiger partial charge in [0.25, 0.3) is 0 Å². The zero-order chi connectivity index (χ0) is 20.4. The van der Waals surface area contributed by atoms with Crippen LogP contribution in [0.15, 0.2) is 12.2 Å². The van der Waals surface area contributed by atoms with E-state index in [0.717, 1.165) is 17.6 Å². The second-order valence-corrected chi connectivity index (χ2v) is 8.90. The van der Waals surface area contributed by atoms with Crippen LogP contribution in [0.2, 0.25) is 0 Å². The van der Waals surface area contributed by atoms with Gasteiger partial charge < -0.3 is 21.6 Å². The van der Waals surface area contributed by atoms with Crippen molar-refractivity contribution in [1.29, 1.82) is 0 Å². The first-order valence-corrected chi connectivity index (χ1v) is 11.5. The second kappa shape index (κ2) is 19.8. The minimum absolute atomic E-state index is 0. The van der Waals surface area contributed by atoms with Crippen LogP contribution in [0.5, 0.6) is 0 Å². The van der Waals surface area contributed by atoms with Crippen molar-refractivity contribution in [2.45, 2.75) is 104 Å². The quantitative estimate of drug-likeness (QED) is 0.139. The maximum absolute atomic E-state index is 11.4. The van der Waals surface area contributed by atoms with Crippen molar-refractivity contribution in [3.63, 3.8) is 0 Å². The minimum atomic E-state index is -0.272. The summed E-state index contributed by atoms with van der Waals surface area (Å²) in [6, 6.07) is 0. The number of quaternary nitrogens is 1. The number of hydrogen-bond donors (Lipinski definition) is 0. The summed E-state index contributed by atoms with van der Waals surface area (Å²) in [6.07, 6.45) is 19.6. The Morgan fingerprint density at radius 3 is 1.54 bits per heavy atom. The van der Waals surface area contributed by atoms with Gasteiger partial charge in [0.1, 0.15) is 13.2 Å². The molecule has 0 saturated heterocycles. The third kappa shape index (κ3) is 20.2. The molecule has 168 valence electrons. The molecule has 0 aromatic carbocycles. The highest BCUT2D eigenvalue weighted by molar-refractivity contribution is 5.86. The molecule has 0 rings (SSSR count). The van der Waals surface area contributed by atoms with Crippen molar-refractivity contribution >= 4 is 5.97 Å². The monoisotopic (exact) mass is 417 g/mol. The topological polar surface area (TPSA) is 26.3 Å². The molecule has 0 heterocycles. The fourth-order valence-electron chi connectivity index (χ4n) is 3.35. The Bertz CT molecular complexity index is 383. The van der Waals surface area contributed by atoms with Crippen molar-refractivity contribution in [3.8, 4) is 0 Å². The average molecular weight is 418 g/mol. The Kier molecular flexibility index (Phi) is 20.9. The summed E-state index contributed by atoms with van der Waals surface area (Å²) in [5.41, 5.74) is 0.479. The van der Waals surface area contributed by atoms with E-state index < -0.39 is 0 Å². The van der Waals surface area contributed by atoms with Crippen molar-refractivity contribution < 1.29 is 26.4 Å². The Morgan fingerprint density at radius 1 is 0.750 bits per heavy atom. The molecule has 0 aliphatic heterocycles. The predicted molar refractivity (Wildman–Crippen MR) is 118 cm³/mol. The molecule has 0 N–H and O–H groups in total. The lowest BCUT2D eigenvalue weighted by molar-refractivity contribution is -0.890. The van der Waals surface area contributed by atoms with Gasteiger partial charge in [0.15, 0.2) is 0 Å². The summed E-state index contributed by atoms with van der Waals surface area (Å²) in [5, 5.41) is 0. The molecule has 0 aromatic rings. The van der Waals surface area contributed by atoms with Gasteiger partial charge in [-0.3, -0.25) is 0 Å². The molecule has 0 atom stereocenters. The van der Waals surface area contributed by atoms with E-state index in [1.807, 2.05) is 0 Å². The molecule has 0 aliphatic rings. The maximum Gasteiger partial charge on any atom is 0.333 e. The molecule has 0 aromatic heterocycles. The highest BCUT2D eigenvalue weighted by Gasteiger charge is 2.15. The zero-order valence-corrected chi connectivity index (χ0v) is 20.1. The molecule has 0 bridgehead atoms. The van der Waals surface area contributed by atoms with Gasteiger partial charge in [-0.2, -0.15) is 0 Å². The summed E-state index contributed by atoms with van der Waals surface area (Å²) < 4.78 is 6.13. The van der Waals surface area contributed by atoms with Crippen molar-refractivity contribution in [3.05, 3.63) is 12.2 Å². The van der Waals surface area contributed by atoms with Gasteiger partial charge in [0, 0.05) is 5.57 Å². The van der Waals surface area contributed by atoms with Crippen LogP contribution in [0.25, 0.3) is 0 Å². The number of esters is 1. The van der Waals surface area contributed by atoms with Crippen LogP contribution in [0.4, 0.5) is 0 Å². The lowest BCUT2D eigenvalue weighted by Crippen LogP contribution is -3.00. The normalized spacial score (nSPS) is 11.1. The van der Waals surface area contributed by atoms with Crippen LogP contribution in [0.3, 0.4) is 0 Å². The first kappa shape index (κ1) is 29.7. The van der Waals surface area contributed by atoms with Crippen LogP contribution in [0, 0.1) is 0 Å². The van der Waals surface area contributed by atoms with E-state index >= 15 is 0 Å². The Morgan fingerprint density at radius 2 is 1.14 bits per heavy atom. The van der Waals surface area contributed by atoms with Crippen molar-refractivity contribution in [2.75, 3.05) is 33.8 Å². The Balaban J connectivity index is 0. The number of unbranched alkanes of at least 4 members (excludes halogenated alkanes) is 13. The number of likely N-dealkylation sites (N-methyl/N-ethyl adjacent to an activating group) is 1. The molecule has 0 saturated carbocycles. The van der Waals surface area contributed by atoms with Gasteiger partial charge in [-0.15, -0.1) is 0 Å². The molecular formula is C24H48ClNO2. The standard InChI is InChI=1S/C24H48NO2.ClH/c1-6-7-8-9-10-11-12-13-14-15-16-17-18-19-20-25(4,5)21-22-27-24(26)23(2)3;/h2,6-22H2,1,3-5H3;1H/q+1;/p-1. The van der Waals surface area contributed by atoms with Gasteiger partial charge >= 0.3 is 5.97 Å². The molecule has 0 radical (unpaired) electrons. The molecule has 0 amide bonds. The van der Waals surface area contributed by atoms with E-state index in [4.69, 9.17) is 4.74 Å². The van der Waals surface area contributed by atoms with Crippen molar-refractivity contribution in [1.82, 2.24) is 0 Å². The smallest absolute Gasteiger partial charge is 0.333 e. The number of halogens is 1. The fraction of sp³-hybridized carbons (Fsp3) is 0.875. The highest BCUT2D eigenvalue weighted by atomic mass is 35.5. The minimum Gasteiger partial charge on any atom is -1.00 e. The van der Waals surface area contributed by atoms with E-state index in [9.17, 15) is 4.79 Å². The highest BCUT2D eigenvalue weighted by Crippen LogP contribution is 2.13. The number of ether oxygens (including phenoxy) is 1. The lowest BCUT2D eigenvalue weighted by atomic mass is 10.0. The third-order valence-electron chi connectivity index (χ3n) is 5.40. The number of carbonyl (C=O) groups excluding carboxylic acids is 1. The molecule has 0 aliphatic carbocycles. The second-order valence-electron chi connectivity index (χ2n) is 8.90. The number of hydrogen-bond acceptors (Lipinski definition) is 2. The molecular weight excluding hydrogens is 370 g/mol. The molecule has 0 fully saturated rings. The van der Waals surface area contributed by atoms with E-state index in [1.54, 1.807) is 6.92 Å². The van der Waals surface area contributed by atoms with Crippen molar-refractivity contribution in [2.24, 2.45) is 0 Å². The third-order valence-corrected chi connectivity index (χ3v) is 5.40. The fourth-order valence-corrected chi connectivity index (χ4v) is 3.35. The molecule has 3 nitrogen and oxygen atoms in total. The summed E-state index contributed by atoms with van der Waals surface area (Å²) >= 11 is 0.